The van der Waals surface area contributed by atoms with Crippen LogP contribution in [0.2, 0.25) is 0 Å². The summed E-state index contributed by atoms with van der Waals surface area (Å²) in [4.78, 5) is 27.2. The number of thioether (sulfide) groups is 1. The largest absolute Gasteiger partial charge is 0.486 e. The summed E-state index contributed by atoms with van der Waals surface area (Å²) in [6, 6.07) is 23.1. The van der Waals surface area contributed by atoms with E-state index < -0.39 is 0 Å². The number of aromatic nitrogens is 1. The van der Waals surface area contributed by atoms with Gasteiger partial charge in [-0.2, -0.15) is 0 Å². The van der Waals surface area contributed by atoms with Crippen LogP contribution in [0, 0.1) is 0 Å². The second-order valence-electron chi connectivity index (χ2n) is 8.77. The summed E-state index contributed by atoms with van der Waals surface area (Å²) < 4.78 is 13.6. The van der Waals surface area contributed by atoms with Gasteiger partial charge in [-0.1, -0.05) is 24.3 Å². The molecule has 6 nitrogen and oxygen atoms in total. The van der Waals surface area contributed by atoms with Crippen LogP contribution in [-0.4, -0.2) is 35.7 Å². The summed E-state index contributed by atoms with van der Waals surface area (Å²) in [5, 5.41) is 2.99. The van der Waals surface area contributed by atoms with Crippen LogP contribution in [-0.2, 0) is 0 Å². The van der Waals surface area contributed by atoms with Gasteiger partial charge >= 0.3 is 0 Å². The van der Waals surface area contributed by atoms with E-state index in [1.165, 1.54) is 0 Å². The number of fused-ring (bicyclic) bond motifs is 4. The molecule has 0 saturated heterocycles. The molecule has 1 amide bonds. The maximum Gasteiger partial charge on any atom is 0.256 e. The lowest BCUT2D eigenvalue weighted by molar-refractivity contribution is 0.0977. The third-order valence-electron chi connectivity index (χ3n) is 6.67. The molecule has 1 unspecified atom stereocenters. The number of carbonyl (C=O) groups excluding carboxylic acids is 2. The second-order valence-corrected chi connectivity index (χ2v) is 9.62. The Balaban J connectivity index is 1.30. The first-order valence-corrected chi connectivity index (χ1v) is 13.0. The Labute approximate surface area is 213 Å². The highest BCUT2D eigenvalue weighted by molar-refractivity contribution is 7.98. The lowest BCUT2D eigenvalue weighted by Gasteiger charge is -2.21. The third kappa shape index (κ3) is 3.95. The molecule has 2 aliphatic heterocycles. The Hall–Kier alpha value is -3.97. The molecule has 0 radical (unpaired) electrons. The normalized spacial score (nSPS) is 16.0. The van der Waals surface area contributed by atoms with E-state index in [1.807, 2.05) is 79.2 Å². The van der Waals surface area contributed by atoms with Gasteiger partial charge in [0.05, 0.1) is 11.3 Å². The van der Waals surface area contributed by atoms with Crippen LogP contribution in [0.3, 0.4) is 0 Å². The van der Waals surface area contributed by atoms with E-state index in [9.17, 15) is 9.59 Å². The van der Waals surface area contributed by atoms with E-state index in [0.717, 1.165) is 21.8 Å². The van der Waals surface area contributed by atoms with Crippen molar-refractivity contribution in [1.82, 2.24) is 4.57 Å². The molecule has 0 aliphatic carbocycles. The van der Waals surface area contributed by atoms with Gasteiger partial charge in [-0.05, 0) is 54.3 Å². The van der Waals surface area contributed by atoms with E-state index in [2.05, 4.69) is 16.0 Å². The van der Waals surface area contributed by atoms with Crippen molar-refractivity contribution in [3.8, 4) is 17.2 Å². The fourth-order valence-corrected chi connectivity index (χ4v) is 5.51. The fraction of sp³-hybridized carbons (Fsp3) is 0.172. The van der Waals surface area contributed by atoms with E-state index in [1.54, 1.807) is 11.8 Å². The van der Waals surface area contributed by atoms with Crippen molar-refractivity contribution >= 4 is 29.1 Å². The zero-order valence-electron chi connectivity index (χ0n) is 19.7. The number of nitrogens with one attached hydrogen (secondary N) is 1. The number of amides is 1. The van der Waals surface area contributed by atoms with Crippen LogP contribution in [0.1, 0.15) is 44.3 Å². The molecule has 3 aromatic carbocycles. The average Bonchev–Trinajstić information content (AvgIpc) is 3.37. The Kier molecular flexibility index (Phi) is 5.77. The number of Topliss-reactive ketones (excluding diaryl/α,β-unsaturated/α-hetero) is 1. The van der Waals surface area contributed by atoms with E-state index in [0.29, 0.717) is 47.9 Å². The Bertz CT molecular complexity index is 1480. The van der Waals surface area contributed by atoms with Crippen LogP contribution < -0.4 is 14.8 Å². The van der Waals surface area contributed by atoms with E-state index >= 15 is 0 Å². The van der Waals surface area contributed by atoms with Gasteiger partial charge in [0.15, 0.2) is 17.3 Å². The first kappa shape index (κ1) is 22.5. The smallest absolute Gasteiger partial charge is 0.256 e. The number of anilines is 1. The number of nitrogens with zero attached hydrogens (tertiary/aromatic N) is 1. The maximum atomic E-state index is 13.4. The zero-order chi connectivity index (χ0) is 24.6. The van der Waals surface area contributed by atoms with Crippen LogP contribution in [0.4, 0.5) is 5.69 Å². The highest BCUT2D eigenvalue weighted by Gasteiger charge is 2.30. The molecule has 0 fully saturated rings. The third-order valence-corrected chi connectivity index (χ3v) is 7.47. The predicted molar refractivity (Wildman–Crippen MR) is 140 cm³/mol. The van der Waals surface area contributed by atoms with Crippen LogP contribution in [0.15, 0.2) is 83.9 Å². The molecule has 6 rings (SSSR count). The Morgan fingerprint density at radius 1 is 0.972 bits per heavy atom. The lowest BCUT2D eigenvalue weighted by atomic mass is 9.90. The van der Waals surface area contributed by atoms with Crippen molar-refractivity contribution in [2.45, 2.75) is 17.2 Å². The van der Waals surface area contributed by atoms with Gasteiger partial charge in [0.1, 0.15) is 13.2 Å². The van der Waals surface area contributed by atoms with Crippen LogP contribution in [0.5, 0.6) is 11.5 Å². The monoisotopic (exact) mass is 496 g/mol. The fourth-order valence-electron chi connectivity index (χ4n) is 4.92. The average molecular weight is 497 g/mol. The number of ether oxygens (including phenoxy) is 2. The molecule has 2 aliphatic rings. The zero-order valence-corrected chi connectivity index (χ0v) is 20.5. The summed E-state index contributed by atoms with van der Waals surface area (Å²) in [5.74, 6) is 1.07. The summed E-state index contributed by atoms with van der Waals surface area (Å²) >= 11 is 1.54. The maximum absolute atomic E-state index is 13.4. The van der Waals surface area contributed by atoms with Gasteiger partial charge in [-0.3, -0.25) is 9.59 Å². The quantitative estimate of drug-likeness (QED) is 0.354. The summed E-state index contributed by atoms with van der Waals surface area (Å²) in [5.41, 5.74) is 4.84. The van der Waals surface area contributed by atoms with Gasteiger partial charge in [0.2, 0.25) is 0 Å². The first-order valence-electron chi connectivity index (χ1n) is 11.8. The van der Waals surface area contributed by atoms with Crippen molar-refractivity contribution in [1.29, 1.82) is 0 Å². The number of ketones is 1. The minimum Gasteiger partial charge on any atom is -0.486 e. The van der Waals surface area contributed by atoms with Crippen LogP contribution in [0.25, 0.3) is 5.69 Å². The molecule has 0 spiro atoms. The standard InChI is InChI=1S/C29H24N2O4S/c1-36-28-7-3-2-5-20(28)29(33)30-19-10-8-18(9-11-19)21-15-25(32)22-16-26-27(35-14-13-34-26)17-24(22)31-12-4-6-23(21)31/h2-12,16-17,21H,13-15H2,1H3,(H,30,33). The highest BCUT2D eigenvalue weighted by atomic mass is 32.2. The molecule has 180 valence electrons. The first-order chi connectivity index (χ1) is 17.6. The molecular formula is C29H24N2O4S. The van der Waals surface area contributed by atoms with Gasteiger partial charge in [0, 0.05) is 46.4 Å². The number of rotatable bonds is 4. The SMILES string of the molecule is CSc1ccccc1C(=O)Nc1ccc(C2CC(=O)c3cc4c(cc3-n3cccc32)OCCO4)cc1. The molecule has 3 heterocycles. The van der Waals surface area contributed by atoms with Gasteiger partial charge in [-0.25, -0.2) is 0 Å². The number of hydrogen-bond acceptors (Lipinski definition) is 5. The minimum absolute atomic E-state index is 0.0572. The molecule has 36 heavy (non-hydrogen) atoms. The van der Waals surface area contributed by atoms with Crippen molar-refractivity contribution in [2.75, 3.05) is 24.8 Å². The summed E-state index contributed by atoms with van der Waals surface area (Å²) in [6.45, 7) is 0.968. The van der Waals surface area contributed by atoms with Gasteiger partial charge in [-0.15, -0.1) is 11.8 Å². The number of hydrogen-bond donors (Lipinski definition) is 1. The number of carbonyl (C=O) groups is 2. The molecular weight excluding hydrogens is 472 g/mol. The van der Waals surface area contributed by atoms with Crippen molar-refractivity contribution < 1.29 is 19.1 Å². The summed E-state index contributed by atoms with van der Waals surface area (Å²) in [6.07, 6.45) is 4.27. The Morgan fingerprint density at radius 3 is 2.50 bits per heavy atom. The van der Waals surface area contributed by atoms with E-state index in [-0.39, 0.29) is 17.6 Å². The molecule has 7 heteroatoms. The minimum atomic E-state index is -0.143. The van der Waals surface area contributed by atoms with Crippen molar-refractivity contribution in [3.63, 3.8) is 0 Å². The van der Waals surface area contributed by atoms with E-state index in [4.69, 9.17) is 9.47 Å². The van der Waals surface area contributed by atoms with Crippen LogP contribution >= 0.6 is 11.8 Å². The van der Waals surface area contributed by atoms with Crippen molar-refractivity contribution in [2.24, 2.45) is 0 Å². The van der Waals surface area contributed by atoms with Crippen molar-refractivity contribution in [3.05, 3.63) is 101 Å². The molecule has 1 atom stereocenters. The summed E-state index contributed by atoms with van der Waals surface area (Å²) in [7, 11) is 0. The number of benzene rings is 3. The van der Waals surface area contributed by atoms with Gasteiger partial charge in [0.25, 0.3) is 5.91 Å². The van der Waals surface area contributed by atoms with Gasteiger partial charge < -0.3 is 19.4 Å². The molecule has 0 saturated carbocycles. The Morgan fingerprint density at radius 2 is 1.72 bits per heavy atom. The highest BCUT2D eigenvalue weighted by Crippen LogP contribution is 2.41. The molecule has 0 bridgehead atoms. The second kappa shape index (κ2) is 9.24. The topological polar surface area (TPSA) is 69.6 Å². The lowest BCUT2D eigenvalue weighted by Crippen LogP contribution is -2.16. The predicted octanol–water partition coefficient (Wildman–Crippen LogP) is 5.94. The molecule has 1 aromatic heterocycles. The molecule has 1 N–H and O–H groups in total. The molecule has 4 aromatic rings.